The number of rotatable bonds is 6. The summed E-state index contributed by atoms with van der Waals surface area (Å²) in [6, 6.07) is 24.2. The summed E-state index contributed by atoms with van der Waals surface area (Å²) in [6.45, 7) is 1.40. The third-order valence-corrected chi connectivity index (χ3v) is 7.90. The maximum absolute atomic E-state index is 13.9. The number of ether oxygens (including phenoxy) is 1. The fourth-order valence-corrected chi connectivity index (χ4v) is 6.04. The SMILES string of the molecule is CC(=O)O[C@@H]1C=CC(Nc2cc(-n3c4ccccc4c4c(-c5nc6ccc(F)cc6[nH]5)cccc43)ccc2C(N)=O)CC1. The number of para-hydroxylation sites is 1. The molecule has 1 aliphatic rings. The van der Waals surface area contributed by atoms with E-state index in [1.165, 1.54) is 19.1 Å². The standard InChI is InChI=1S/C34H28FN5O3/c1-19(41)43-23-13-10-21(11-14-23)37-28-18-22(12-15-24(28)33(36)42)40-30-7-3-2-5-25(30)32-26(6-4-8-31(32)40)34-38-27-16-9-20(35)17-29(27)39-34/h2-10,12-13,15-18,21,23,37H,11,14H2,1H3,(H2,36,42)(H,38,39)/t21?,23-/m1/s1. The van der Waals surface area contributed by atoms with Crippen molar-refractivity contribution < 1.29 is 18.7 Å². The van der Waals surface area contributed by atoms with E-state index in [1.807, 2.05) is 48.6 Å². The maximum atomic E-state index is 13.9. The predicted octanol–water partition coefficient (Wildman–Crippen LogP) is 6.63. The normalized spacial score (nSPS) is 16.6. The van der Waals surface area contributed by atoms with Crippen molar-refractivity contribution in [2.45, 2.75) is 31.9 Å². The first-order chi connectivity index (χ1) is 20.9. The second-order valence-corrected chi connectivity index (χ2v) is 10.8. The second-order valence-electron chi connectivity index (χ2n) is 10.8. The lowest BCUT2D eigenvalue weighted by atomic mass is 9.99. The zero-order valence-electron chi connectivity index (χ0n) is 23.3. The molecule has 0 aliphatic heterocycles. The molecule has 2 aromatic heterocycles. The monoisotopic (exact) mass is 573 g/mol. The van der Waals surface area contributed by atoms with Crippen LogP contribution >= 0.6 is 0 Å². The number of hydrogen-bond donors (Lipinski definition) is 3. The van der Waals surface area contributed by atoms with Crippen LogP contribution in [0.1, 0.15) is 30.1 Å². The number of esters is 1. The van der Waals surface area contributed by atoms with E-state index >= 15 is 0 Å². The van der Waals surface area contributed by atoms with Crippen LogP contribution in [0.5, 0.6) is 0 Å². The van der Waals surface area contributed by atoms with Gasteiger partial charge in [0.05, 0.1) is 27.6 Å². The van der Waals surface area contributed by atoms with Crippen molar-refractivity contribution in [3.8, 4) is 17.1 Å². The molecule has 0 saturated heterocycles. The van der Waals surface area contributed by atoms with Gasteiger partial charge in [0.15, 0.2) is 0 Å². The number of hydrogen-bond acceptors (Lipinski definition) is 5. The van der Waals surface area contributed by atoms with Crippen LogP contribution in [0, 0.1) is 5.82 Å². The van der Waals surface area contributed by atoms with Gasteiger partial charge in [0.1, 0.15) is 17.7 Å². The summed E-state index contributed by atoms with van der Waals surface area (Å²) >= 11 is 0. The van der Waals surface area contributed by atoms with Crippen LogP contribution in [0.3, 0.4) is 0 Å². The van der Waals surface area contributed by atoms with E-state index in [4.69, 9.17) is 15.5 Å². The molecule has 1 aliphatic carbocycles. The fourth-order valence-electron chi connectivity index (χ4n) is 6.04. The Bertz CT molecular complexity index is 2090. The fraction of sp³-hybridized carbons (Fsp3) is 0.147. The van der Waals surface area contributed by atoms with Crippen LogP contribution in [-0.2, 0) is 9.53 Å². The van der Waals surface area contributed by atoms with Crippen molar-refractivity contribution in [1.82, 2.24) is 14.5 Å². The van der Waals surface area contributed by atoms with Gasteiger partial charge in [0.2, 0.25) is 0 Å². The van der Waals surface area contributed by atoms with Crippen molar-refractivity contribution in [2.75, 3.05) is 5.32 Å². The lowest BCUT2D eigenvalue weighted by Crippen LogP contribution is -2.27. The number of benzene rings is 4. The number of aromatic amines is 1. The van der Waals surface area contributed by atoms with Crippen LogP contribution in [0.2, 0.25) is 0 Å². The van der Waals surface area contributed by atoms with E-state index in [0.29, 0.717) is 34.5 Å². The Balaban J connectivity index is 1.35. The molecule has 8 nitrogen and oxygen atoms in total. The minimum atomic E-state index is -0.530. The van der Waals surface area contributed by atoms with Crippen molar-refractivity contribution in [2.24, 2.45) is 5.73 Å². The van der Waals surface area contributed by atoms with Crippen molar-refractivity contribution >= 4 is 50.4 Å². The van der Waals surface area contributed by atoms with Crippen molar-refractivity contribution in [3.63, 3.8) is 0 Å². The molecule has 1 amide bonds. The molecule has 2 heterocycles. The highest BCUT2D eigenvalue weighted by atomic mass is 19.1. The van der Waals surface area contributed by atoms with Gasteiger partial charge in [0.25, 0.3) is 5.91 Å². The number of primary amides is 1. The number of nitrogens with one attached hydrogen (secondary N) is 2. The molecule has 43 heavy (non-hydrogen) atoms. The van der Waals surface area contributed by atoms with E-state index in [0.717, 1.165) is 39.5 Å². The molecule has 9 heteroatoms. The Hall–Kier alpha value is -5.44. The van der Waals surface area contributed by atoms with Gasteiger partial charge in [0, 0.05) is 40.7 Å². The van der Waals surface area contributed by atoms with Crippen LogP contribution < -0.4 is 11.1 Å². The summed E-state index contributed by atoms with van der Waals surface area (Å²) in [5.41, 5.74) is 11.8. The molecule has 0 saturated carbocycles. The van der Waals surface area contributed by atoms with Crippen LogP contribution in [0.15, 0.2) is 91.0 Å². The molecule has 6 aromatic rings. The first-order valence-electron chi connectivity index (χ1n) is 14.1. The van der Waals surface area contributed by atoms with Crippen LogP contribution in [-0.4, -0.2) is 38.6 Å². The van der Waals surface area contributed by atoms with Crippen LogP contribution in [0.25, 0.3) is 49.9 Å². The third kappa shape index (κ3) is 4.78. The summed E-state index contributed by atoms with van der Waals surface area (Å²) in [5, 5.41) is 5.50. The molecule has 0 fully saturated rings. The average Bonchev–Trinajstić information content (AvgIpc) is 3.56. The molecular formula is C34H28FN5O3. The Morgan fingerprint density at radius 1 is 1.00 bits per heavy atom. The summed E-state index contributed by atoms with van der Waals surface area (Å²) in [4.78, 5) is 31.8. The molecule has 4 aromatic carbocycles. The summed E-state index contributed by atoms with van der Waals surface area (Å²) in [7, 11) is 0. The van der Waals surface area contributed by atoms with E-state index in [9.17, 15) is 14.0 Å². The molecule has 0 spiro atoms. The highest BCUT2D eigenvalue weighted by Gasteiger charge is 2.22. The van der Waals surface area contributed by atoms with Crippen molar-refractivity contribution in [3.05, 3.63) is 102 Å². The molecule has 0 bridgehead atoms. The Morgan fingerprint density at radius 3 is 2.63 bits per heavy atom. The molecule has 214 valence electrons. The minimum Gasteiger partial charge on any atom is -0.458 e. The predicted molar refractivity (Wildman–Crippen MR) is 166 cm³/mol. The molecule has 4 N–H and O–H groups in total. The highest BCUT2D eigenvalue weighted by Crippen LogP contribution is 2.39. The second kappa shape index (κ2) is 10.4. The number of fused-ring (bicyclic) bond motifs is 4. The van der Waals surface area contributed by atoms with Gasteiger partial charge >= 0.3 is 5.97 Å². The number of carbonyl (C=O) groups excluding carboxylic acids is 2. The molecular weight excluding hydrogens is 545 g/mol. The van der Waals surface area contributed by atoms with Gasteiger partial charge in [-0.2, -0.15) is 0 Å². The van der Waals surface area contributed by atoms with Gasteiger partial charge in [-0.1, -0.05) is 36.4 Å². The smallest absolute Gasteiger partial charge is 0.303 e. The van der Waals surface area contributed by atoms with Gasteiger partial charge in [-0.15, -0.1) is 0 Å². The van der Waals surface area contributed by atoms with Gasteiger partial charge in [-0.05, 0) is 67.4 Å². The molecule has 1 unspecified atom stereocenters. The summed E-state index contributed by atoms with van der Waals surface area (Å²) in [5.74, 6) is -0.517. The number of carbonyl (C=O) groups is 2. The molecule has 0 radical (unpaired) electrons. The number of halogens is 1. The average molecular weight is 574 g/mol. The Kier molecular flexibility index (Phi) is 6.42. The third-order valence-electron chi connectivity index (χ3n) is 7.90. The molecule has 7 rings (SSSR count). The van der Waals surface area contributed by atoms with Crippen molar-refractivity contribution in [1.29, 1.82) is 0 Å². The van der Waals surface area contributed by atoms with Gasteiger partial charge in [-0.25, -0.2) is 9.37 Å². The number of amides is 1. The Labute approximate surface area is 246 Å². The van der Waals surface area contributed by atoms with E-state index in [-0.39, 0.29) is 23.9 Å². The molecule has 2 atom stereocenters. The highest BCUT2D eigenvalue weighted by molar-refractivity contribution is 6.15. The number of H-pyrrole nitrogens is 1. The van der Waals surface area contributed by atoms with Gasteiger partial charge < -0.3 is 25.3 Å². The quantitative estimate of drug-likeness (QED) is 0.153. The Morgan fingerprint density at radius 2 is 1.84 bits per heavy atom. The lowest BCUT2D eigenvalue weighted by Gasteiger charge is -2.25. The largest absolute Gasteiger partial charge is 0.458 e. The summed E-state index contributed by atoms with van der Waals surface area (Å²) in [6.07, 6.45) is 4.97. The number of nitrogens with zero attached hydrogens (tertiary/aromatic N) is 2. The van der Waals surface area contributed by atoms with Crippen LogP contribution in [0.4, 0.5) is 10.1 Å². The summed E-state index contributed by atoms with van der Waals surface area (Å²) < 4.78 is 21.4. The zero-order chi connectivity index (χ0) is 29.7. The zero-order valence-corrected chi connectivity index (χ0v) is 23.3. The number of anilines is 1. The van der Waals surface area contributed by atoms with Gasteiger partial charge in [-0.3, -0.25) is 9.59 Å². The first kappa shape index (κ1) is 26.5. The number of aromatic nitrogens is 3. The van der Waals surface area contributed by atoms with E-state index < -0.39 is 5.91 Å². The number of imidazole rings is 1. The minimum absolute atomic E-state index is 0.0668. The first-order valence-corrected chi connectivity index (χ1v) is 14.1. The van der Waals surface area contributed by atoms with E-state index in [2.05, 4.69) is 33.1 Å². The topological polar surface area (TPSA) is 115 Å². The number of nitrogens with two attached hydrogens (primary N) is 1. The maximum Gasteiger partial charge on any atom is 0.303 e. The lowest BCUT2D eigenvalue weighted by molar-refractivity contribution is -0.144. The van der Waals surface area contributed by atoms with E-state index in [1.54, 1.807) is 12.1 Å².